The molecule has 17 heavy (non-hydrogen) atoms. The molecule has 0 aromatic rings. The first-order valence-electron chi connectivity index (χ1n) is 5.97. The van der Waals surface area contributed by atoms with E-state index in [2.05, 4.69) is 5.32 Å². The molecule has 1 rings (SSSR count). The lowest BCUT2D eigenvalue weighted by Gasteiger charge is -2.29. The van der Waals surface area contributed by atoms with Gasteiger partial charge in [0.25, 0.3) is 0 Å². The maximum Gasteiger partial charge on any atom is 0.242 e. The van der Waals surface area contributed by atoms with Crippen molar-refractivity contribution in [3.8, 4) is 0 Å². The second-order valence-corrected chi connectivity index (χ2v) is 3.70. The number of hydrogen-bond donors (Lipinski definition) is 1. The molecule has 102 valence electrons. The zero-order valence-electron chi connectivity index (χ0n) is 10.6. The zero-order chi connectivity index (χ0) is 11.8. The summed E-state index contributed by atoms with van der Waals surface area (Å²) >= 11 is 0. The maximum atomic E-state index is 12.1. The van der Waals surface area contributed by atoms with Crippen molar-refractivity contribution in [3.05, 3.63) is 0 Å². The van der Waals surface area contributed by atoms with Gasteiger partial charge in [-0.05, 0) is 13.8 Å². The number of ether oxygens (including phenoxy) is 2. The van der Waals surface area contributed by atoms with Gasteiger partial charge >= 0.3 is 0 Å². The van der Waals surface area contributed by atoms with Crippen molar-refractivity contribution >= 4 is 18.3 Å². The van der Waals surface area contributed by atoms with E-state index in [0.29, 0.717) is 39.5 Å². The van der Waals surface area contributed by atoms with Gasteiger partial charge in [0.05, 0.1) is 19.8 Å². The Balaban J connectivity index is 0.00000256. The Kier molecular flexibility index (Phi) is 9.44. The maximum absolute atomic E-state index is 12.1. The molecule has 5 nitrogen and oxygen atoms in total. The molecule has 1 aliphatic heterocycles. The van der Waals surface area contributed by atoms with E-state index < -0.39 is 0 Å². The summed E-state index contributed by atoms with van der Waals surface area (Å²) in [4.78, 5) is 13.9. The third-order valence-corrected chi connectivity index (χ3v) is 2.62. The van der Waals surface area contributed by atoms with Crippen LogP contribution < -0.4 is 5.32 Å². The number of carbonyl (C=O) groups excluding carboxylic acids is 1. The summed E-state index contributed by atoms with van der Waals surface area (Å²) < 4.78 is 10.5. The lowest BCUT2D eigenvalue weighted by Crippen LogP contribution is -2.53. The highest BCUT2D eigenvalue weighted by atomic mass is 35.5. The fourth-order valence-corrected chi connectivity index (χ4v) is 1.69. The number of nitrogens with one attached hydrogen (secondary N) is 1. The number of rotatable bonds is 6. The molecule has 1 N–H and O–H groups in total. The van der Waals surface area contributed by atoms with E-state index in [0.717, 1.165) is 6.54 Å². The topological polar surface area (TPSA) is 50.8 Å². The molecule has 0 radical (unpaired) electrons. The molecule has 1 saturated heterocycles. The van der Waals surface area contributed by atoms with Crippen LogP contribution in [0.5, 0.6) is 0 Å². The number of carbonyl (C=O) groups is 1. The van der Waals surface area contributed by atoms with Crippen LogP contribution in [0, 0.1) is 0 Å². The second kappa shape index (κ2) is 9.65. The third kappa shape index (κ3) is 5.68. The van der Waals surface area contributed by atoms with Crippen molar-refractivity contribution in [2.45, 2.75) is 19.9 Å². The Bertz CT molecular complexity index is 211. The first-order chi connectivity index (χ1) is 7.79. The SMILES string of the molecule is CCOCCN(CC)C(=O)C1COCCN1.Cl. The average Bonchev–Trinajstić information content (AvgIpc) is 2.35. The van der Waals surface area contributed by atoms with Crippen LogP contribution in [0.25, 0.3) is 0 Å². The molecule has 0 bridgehead atoms. The minimum Gasteiger partial charge on any atom is -0.380 e. The van der Waals surface area contributed by atoms with Gasteiger partial charge in [-0.15, -0.1) is 12.4 Å². The molecule has 0 aromatic carbocycles. The summed E-state index contributed by atoms with van der Waals surface area (Å²) in [5.41, 5.74) is 0. The summed E-state index contributed by atoms with van der Waals surface area (Å²) in [5, 5.41) is 3.17. The molecule has 1 amide bonds. The molecule has 0 saturated carbocycles. The number of nitrogens with zero attached hydrogens (tertiary/aromatic N) is 1. The number of likely N-dealkylation sites (N-methyl/N-ethyl adjacent to an activating group) is 1. The molecular weight excluding hydrogens is 244 g/mol. The van der Waals surface area contributed by atoms with E-state index in [1.807, 2.05) is 18.7 Å². The van der Waals surface area contributed by atoms with Gasteiger partial charge in [-0.2, -0.15) is 0 Å². The van der Waals surface area contributed by atoms with Crippen molar-refractivity contribution in [1.82, 2.24) is 10.2 Å². The van der Waals surface area contributed by atoms with Gasteiger partial charge in [0.1, 0.15) is 6.04 Å². The van der Waals surface area contributed by atoms with Crippen LogP contribution in [0.2, 0.25) is 0 Å². The van der Waals surface area contributed by atoms with E-state index in [4.69, 9.17) is 9.47 Å². The van der Waals surface area contributed by atoms with Gasteiger partial charge in [-0.3, -0.25) is 4.79 Å². The van der Waals surface area contributed by atoms with Crippen molar-refractivity contribution < 1.29 is 14.3 Å². The first-order valence-corrected chi connectivity index (χ1v) is 5.97. The van der Waals surface area contributed by atoms with E-state index in [1.54, 1.807) is 0 Å². The van der Waals surface area contributed by atoms with E-state index in [-0.39, 0.29) is 24.4 Å². The van der Waals surface area contributed by atoms with E-state index in [1.165, 1.54) is 0 Å². The average molecular weight is 267 g/mol. The Labute approximate surface area is 109 Å². The highest BCUT2D eigenvalue weighted by Gasteiger charge is 2.25. The smallest absolute Gasteiger partial charge is 0.242 e. The molecule has 0 aliphatic carbocycles. The molecule has 0 aromatic heterocycles. The lowest BCUT2D eigenvalue weighted by molar-refractivity contribution is -0.136. The highest BCUT2D eigenvalue weighted by Crippen LogP contribution is 2.00. The Hall–Kier alpha value is -0.360. The van der Waals surface area contributed by atoms with Crippen LogP contribution in [0.15, 0.2) is 0 Å². The van der Waals surface area contributed by atoms with Crippen LogP contribution >= 0.6 is 12.4 Å². The van der Waals surface area contributed by atoms with Gasteiger partial charge in [0.15, 0.2) is 0 Å². The van der Waals surface area contributed by atoms with Crippen molar-refractivity contribution in [2.24, 2.45) is 0 Å². The van der Waals surface area contributed by atoms with Crippen LogP contribution in [-0.2, 0) is 14.3 Å². The number of halogens is 1. The molecule has 0 spiro atoms. The minimum atomic E-state index is -0.185. The van der Waals surface area contributed by atoms with Crippen molar-refractivity contribution in [3.63, 3.8) is 0 Å². The zero-order valence-corrected chi connectivity index (χ0v) is 11.4. The minimum absolute atomic E-state index is 0. The monoisotopic (exact) mass is 266 g/mol. The molecular formula is C11H23ClN2O3. The van der Waals surface area contributed by atoms with Gasteiger partial charge in [-0.1, -0.05) is 0 Å². The normalized spacial score (nSPS) is 19.5. The van der Waals surface area contributed by atoms with Gasteiger partial charge < -0.3 is 19.7 Å². The number of hydrogen-bond acceptors (Lipinski definition) is 4. The molecule has 1 unspecified atom stereocenters. The van der Waals surface area contributed by atoms with Crippen LogP contribution in [0.1, 0.15) is 13.8 Å². The number of morpholine rings is 1. The lowest BCUT2D eigenvalue weighted by atomic mass is 10.2. The largest absolute Gasteiger partial charge is 0.380 e. The quantitative estimate of drug-likeness (QED) is 0.702. The fourth-order valence-electron chi connectivity index (χ4n) is 1.69. The van der Waals surface area contributed by atoms with Crippen LogP contribution in [-0.4, -0.2) is 62.9 Å². The summed E-state index contributed by atoms with van der Waals surface area (Å²) in [5.74, 6) is 0.113. The second-order valence-electron chi connectivity index (χ2n) is 3.70. The van der Waals surface area contributed by atoms with E-state index >= 15 is 0 Å². The standard InChI is InChI=1S/C11H22N2O3.ClH/c1-3-13(6-8-15-4-2)11(14)10-9-16-7-5-12-10;/h10,12H,3-9H2,1-2H3;1H. The molecule has 1 aliphatic rings. The first kappa shape index (κ1) is 16.6. The Morgan fingerprint density at radius 3 is 2.82 bits per heavy atom. The van der Waals surface area contributed by atoms with Gasteiger partial charge in [-0.25, -0.2) is 0 Å². The van der Waals surface area contributed by atoms with E-state index in [9.17, 15) is 4.79 Å². The predicted molar refractivity (Wildman–Crippen MR) is 68.6 cm³/mol. The molecule has 1 heterocycles. The predicted octanol–water partition coefficient (Wildman–Crippen LogP) is 0.282. The third-order valence-electron chi connectivity index (χ3n) is 2.62. The van der Waals surface area contributed by atoms with Crippen LogP contribution in [0.4, 0.5) is 0 Å². The summed E-state index contributed by atoms with van der Waals surface area (Å²) in [7, 11) is 0. The van der Waals surface area contributed by atoms with Crippen molar-refractivity contribution in [2.75, 3.05) is 46.1 Å². The fraction of sp³-hybridized carbons (Fsp3) is 0.909. The summed E-state index contributed by atoms with van der Waals surface area (Å²) in [6.07, 6.45) is 0. The molecule has 1 atom stereocenters. The molecule has 6 heteroatoms. The van der Waals surface area contributed by atoms with Crippen LogP contribution in [0.3, 0.4) is 0 Å². The summed E-state index contributed by atoms with van der Waals surface area (Å²) in [6, 6.07) is -0.185. The van der Waals surface area contributed by atoms with Gasteiger partial charge in [0.2, 0.25) is 5.91 Å². The molecule has 1 fully saturated rings. The number of amides is 1. The Morgan fingerprint density at radius 1 is 1.53 bits per heavy atom. The van der Waals surface area contributed by atoms with Crippen molar-refractivity contribution in [1.29, 1.82) is 0 Å². The van der Waals surface area contributed by atoms with Gasteiger partial charge in [0, 0.05) is 26.2 Å². The summed E-state index contributed by atoms with van der Waals surface area (Å²) in [6.45, 7) is 8.51. The Morgan fingerprint density at radius 2 is 2.29 bits per heavy atom. The highest BCUT2D eigenvalue weighted by molar-refractivity contribution is 5.85.